The van der Waals surface area contributed by atoms with E-state index in [4.69, 9.17) is 15.0 Å². The topological polar surface area (TPSA) is 83.3 Å². The van der Waals surface area contributed by atoms with Crippen LogP contribution in [0.4, 0.5) is 5.69 Å². The third-order valence-electron chi connectivity index (χ3n) is 4.95. The number of hydrogen-bond donors (Lipinski definition) is 0. The van der Waals surface area contributed by atoms with Gasteiger partial charge in [-0.15, -0.1) is 22.7 Å². The lowest BCUT2D eigenvalue weighted by Crippen LogP contribution is -2.35. The predicted octanol–water partition coefficient (Wildman–Crippen LogP) is 5.57. The smallest absolute Gasteiger partial charge is 0.311 e. The number of carbonyl (C=O) groups is 2. The first-order chi connectivity index (χ1) is 16.7. The minimum atomic E-state index is -0.497. The molecule has 8 heteroatoms. The summed E-state index contributed by atoms with van der Waals surface area (Å²) >= 11 is 3.01. The molecule has 0 atom stereocenters. The molecule has 0 saturated heterocycles. The summed E-state index contributed by atoms with van der Waals surface area (Å²) in [5.41, 5.74) is 2.41. The fraction of sp³-hybridized carbons (Fsp3) is 0.154. The van der Waals surface area contributed by atoms with E-state index in [1.54, 1.807) is 23.5 Å². The van der Waals surface area contributed by atoms with Gasteiger partial charge in [0.1, 0.15) is 5.01 Å². The van der Waals surface area contributed by atoms with Gasteiger partial charge in [-0.1, -0.05) is 54.6 Å². The molecule has 170 valence electrons. The molecule has 6 nitrogen and oxygen atoms in total. The van der Waals surface area contributed by atoms with E-state index in [1.165, 1.54) is 16.2 Å². The molecule has 0 aliphatic rings. The van der Waals surface area contributed by atoms with Crippen molar-refractivity contribution in [1.29, 1.82) is 5.26 Å². The van der Waals surface area contributed by atoms with Gasteiger partial charge in [0.05, 0.1) is 29.5 Å². The largest absolute Gasteiger partial charge is 0.455 e. The summed E-state index contributed by atoms with van der Waals surface area (Å²) < 4.78 is 5.35. The van der Waals surface area contributed by atoms with Gasteiger partial charge in [-0.05, 0) is 23.6 Å². The highest BCUT2D eigenvalue weighted by Crippen LogP contribution is 2.36. The van der Waals surface area contributed by atoms with Crippen molar-refractivity contribution in [2.75, 3.05) is 18.1 Å². The SMILES string of the molecule is N#CCCN(C(=O)COC(=O)Cc1sc(-c2ccccc2)nc1-c1cccs1)c1ccccc1. The minimum absolute atomic E-state index is 0.0224. The summed E-state index contributed by atoms with van der Waals surface area (Å²) in [5.74, 6) is -0.870. The molecule has 0 saturated carbocycles. The lowest BCUT2D eigenvalue weighted by molar-refractivity contribution is -0.147. The van der Waals surface area contributed by atoms with E-state index in [9.17, 15) is 9.59 Å². The summed E-state index contributed by atoms with van der Waals surface area (Å²) in [4.78, 5) is 33.5. The minimum Gasteiger partial charge on any atom is -0.455 e. The number of carbonyl (C=O) groups excluding carboxylic acids is 2. The Labute approximate surface area is 205 Å². The van der Waals surface area contributed by atoms with Gasteiger partial charge in [-0.25, -0.2) is 4.98 Å². The van der Waals surface area contributed by atoms with E-state index in [0.29, 0.717) is 5.69 Å². The third kappa shape index (κ3) is 5.76. The van der Waals surface area contributed by atoms with E-state index in [2.05, 4.69) is 0 Å². The summed E-state index contributed by atoms with van der Waals surface area (Å²) in [6, 6.07) is 24.8. The van der Waals surface area contributed by atoms with Gasteiger partial charge < -0.3 is 9.64 Å². The average molecular weight is 488 g/mol. The number of benzene rings is 2. The van der Waals surface area contributed by atoms with Crippen LogP contribution in [0.1, 0.15) is 11.3 Å². The normalized spacial score (nSPS) is 10.4. The lowest BCUT2D eigenvalue weighted by Gasteiger charge is -2.21. The lowest BCUT2D eigenvalue weighted by atomic mass is 10.2. The second-order valence-electron chi connectivity index (χ2n) is 7.26. The Bertz CT molecular complexity index is 1280. The quantitative estimate of drug-likeness (QED) is 0.288. The van der Waals surface area contributed by atoms with Crippen molar-refractivity contribution in [2.45, 2.75) is 12.8 Å². The molecule has 2 heterocycles. The molecule has 0 spiro atoms. The molecule has 0 aliphatic carbocycles. The number of thiazole rings is 1. The van der Waals surface area contributed by atoms with Crippen LogP contribution < -0.4 is 4.90 Å². The maximum Gasteiger partial charge on any atom is 0.311 e. The van der Waals surface area contributed by atoms with E-state index in [0.717, 1.165) is 26.0 Å². The fourth-order valence-electron chi connectivity index (χ4n) is 3.35. The van der Waals surface area contributed by atoms with Gasteiger partial charge in [-0.2, -0.15) is 5.26 Å². The van der Waals surface area contributed by atoms with Crippen molar-refractivity contribution in [2.24, 2.45) is 0 Å². The molecule has 1 amide bonds. The average Bonchev–Trinajstić information content (AvgIpc) is 3.54. The number of anilines is 1. The van der Waals surface area contributed by atoms with Crippen LogP contribution in [0, 0.1) is 11.3 Å². The summed E-state index contributed by atoms with van der Waals surface area (Å²) in [5, 5.41) is 11.7. The zero-order valence-electron chi connectivity index (χ0n) is 18.2. The molecule has 0 unspecified atom stereocenters. The van der Waals surface area contributed by atoms with Crippen molar-refractivity contribution in [3.05, 3.63) is 83.1 Å². The van der Waals surface area contributed by atoms with Crippen molar-refractivity contribution in [3.8, 4) is 27.2 Å². The molecule has 2 aromatic carbocycles. The van der Waals surface area contributed by atoms with Gasteiger partial charge in [0.15, 0.2) is 6.61 Å². The van der Waals surface area contributed by atoms with Crippen LogP contribution in [0.15, 0.2) is 78.2 Å². The van der Waals surface area contributed by atoms with Gasteiger partial charge in [-0.3, -0.25) is 9.59 Å². The van der Waals surface area contributed by atoms with Crippen LogP contribution in [0.3, 0.4) is 0 Å². The molecular weight excluding hydrogens is 466 g/mol. The molecule has 4 aromatic rings. The first-order valence-corrected chi connectivity index (χ1v) is 12.3. The van der Waals surface area contributed by atoms with Crippen molar-refractivity contribution in [3.63, 3.8) is 0 Å². The molecule has 0 N–H and O–H groups in total. The van der Waals surface area contributed by atoms with Crippen LogP contribution in [-0.4, -0.2) is 30.0 Å². The number of nitriles is 1. The number of hydrogen-bond acceptors (Lipinski definition) is 7. The first kappa shape index (κ1) is 23.4. The highest BCUT2D eigenvalue weighted by atomic mass is 32.1. The highest BCUT2D eigenvalue weighted by molar-refractivity contribution is 7.17. The molecule has 0 bridgehead atoms. The number of esters is 1. The van der Waals surface area contributed by atoms with E-state index in [1.807, 2.05) is 72.1 Å². The van der Waals surface area contributed by atoms with E-state index in [-0.39, 0.29) is 25.3 Å². The second kappa shape index (κ2) is 11.4. The number of rotatable bonds is 9. The van der Waals surface area contributed by atoms with Gasteiger partial charge in [0.25, 0.3) is 5.91 Å². The summed E-state index contributed by atoms with van der Waals surface area (Å²) in [6.07, 6.45) is 0.205. The first-order valence-electron chi connectivity index (χ1n) is 10.6. The Kier molecular flexibility index (Phi) is 7.81. The van der Waals surface area contributed by atoms with Crippen LogP contribution >= 0.6 is 22.7 Å². The monoisotopic (exact) mass is 487 g/mol. The number of thiophene rings is 1. The molecular formula is C26H21N3O3S2. The Hall–Kier alpha value is -3.80. The van der Waals surface area contributed by atoms with Gasteiger partial charge in [0, 0.05) is 22.7 Å². The molecule has 4 rings (SSSR count). The predicted molar refractivity (Wildman–Crippen MR) is 135 cm³/mol. The van der Waals surface area contributed by atoms with E-state index >= 15 is 0 Å². The van der Waals surface area contributed by atoms with E-state index < -0.39 is 12.6 Å². The molecule has 0 radical (unpaired) electrons. The Morgan fingerprint density at radius 2 is 1.74 bits per heavy atom. The molecule has 2 aromatic heterocycles. The van der Waals surface area contributed by atoms with Gasteiger partial charge in [0.2, 0.25) is 0 Å². The highest BCUT2D eigenvalue weighted by Gasteiger charge is 2.21. The van der Waals surface area contributed by atoms with Crippen molar-refractivity contribution >= 4 is 40.2 Å². The Morgan fingerprint density at radius 1 is 1.00 bits per heavy atom. The third-order valence-corrected chi connectivity index (χ3v) is 6.93. The number of ether oxygens (including phenoxy) is 1. The van der Waals surface area contributed by atoms with Crippen LogP contribution in [0.5, 0.6) is 0 Å². The standard InChI is InChI=1S/C26H21N3O3S2/c27-14-8-15-29(20-11-5-2-6-12-20)23(30)18-32-24(31)17-22-25(21-13-7-16-33-21)28-26(34-22)19-9-3-1-4-10-19/h1-7,9-13,16H,8,15,17-18H2. The number of nitrogens with zero attached hydrogens (tertiary/aromatic N) is 3. The number of para-hydroxylation sites is 1. The number of amides is 1. The van der Waals surface area contributed by atoms with Crippen LogP contribution in [0.2, 0.25) is 0 Å². The zero-order chi connectivity index (χ0) is 23.8. The second-order valence-corrected chi connectivity index (χ2v) is 9.29. The Balaban J connectivity index is 1.47. The fourth-order valence-corrected chi connectivity index (χ4v) is 5.22. The van der Waals surface area contributed by atoms with Crippen LogP contribution in [-0.2, 0) is 20.7 Å². The van der Waals surface area contributed by atoms with Crippen LogP contribution in [0.25, 0.3) is 21.1 Å². The molecule has 34 heavy (non-hydrogen) atoms. The summed E-state index contributed by atoms with van der Waals surface area (Å²) in [6.45, 7) is -0.160. The molecule has 0 aliphatic heterocycles. The molecule has 0 fully saturated rings. The maximum absolute atomic E-state index is 12.8. The zero-order valence-corrected chi connectivity index (χ0v) is 19.8. The van der Waals surface area contributed by atoms with Crippen molar-refractivity contribution < 1.29 is 14.3 Å². The number of aromatic nitrogens is 1. The maximum atomic E-state index is 12.8. The Morgan fingerprint density at radius 3 is 2.41 bits per heavy atom. The van der Waals surface area contributed by atoms with Crippen molar-refractivity contribution in [1.82, 2.24) is 4.98 Å². The van der Waals surface area contributed by atoms with Gasteiger partial charge >= 0.3 is 5.97 Å². The summed E-state index contributed by atoms with van der Waals surface area (Å²) in [7, 11) is 0.